The highest BCUT2D eigenvalue weighted by Gasteiger charge is 2.18. The Morgan fingerprint density at radius 2 is 1.85 bits per heavy atom. The summed E-state index contributed by atoms with van der Waals surface area (Å²) in [5.74, 6) is 1.25. The maximum atomic E-state index is 12.3. The standard InChI is InChI=1S/C21H25N3O3/c1-16-3-2-4-18(13-16)24-11-9-23(10-12-24)8-7-22-21(25)17-5-6-19-20(14-17)27-15-26-19/h2-6,13-14H,7-12,15H2,1H3,(H,22,25). The minimum atomic E-state index is -0.0771. The predicted octanol–water partition coefficient (Wildman–Crippen LogP) is 2.28. The number of amides is 1. The molecule has 0 radical (unpaired) electrons. The molecule has 2 aromatic rings. The Balaban J connectivity index is 1.22. The molecule has 0 spiro atoms. The third-order valence-electron chi connectivity index (χ3n) is 5.09. The van der Waals surface area contributed by atoms with E-state index in [4.69, 9.17) is 9.47 Å². The summed E-state index contributed by atoms with van der Waals surface area (Å²) in [7, 11) is 0. The molecule has 0 unspecified atom stereocenters. The van der Waals surface area contributed by atoms with Crippen molar-refractivity contribution in [2.75, 3.05) is 51.0 Å². The van der Waals surface area contributed by atoms with Gasteiger partial charge in [0, 0.05) is 50.5 Å². The third-order valence-corrected chi connectivity index (χ3v) is 5.09. The first-order valence-corrected chi connectivity index (χ1v) is 9.41. The van der Waals surface area contributed by atoms with Crippen LogP contribution in [0, 0.1) is 6.92 Å². The van der Waals surface area contributed by atoms with E-state index in [9.17, 15) is 4.79 Å². The van der Waals surface area contributed by atoms with E-state index in [-0.39, 0.29) is 12.7 Å². The van der Waals surface area contributed by atoms with Gasteiger partial charge < -0.3 is 19.7 Å². The zero-order chi connectivity index (χ0) is 18.6. The Morgan fingerprint density at radius 1 is 1.04 bits per heavy atom. The van der Waals surface area contributed by atoms with Gasteiger partial charge in [0.05, 0.1) is 0 Å². The van der Waals surface area contributed by atoms with Crippen molar-refractivity contribution >= 4 is 11.6 Å². The number of carbonyl (C=O) groups is 1. The average Bonchev–Trinajstić information content (AvgIpc) is 3.16. The number of piperazine rings is 1. The fourth-order valence-electron chi connectivity index (χ4n) is 3.52. The van der Waals surface area contributed by atoms with Crippen LogP contribution in [0.3, 0.4) is 0 Å². The summed E-state index contributed by atoms with van der Waals surface area (Å²) in [6.07, 6.45) is 0. The number of anilines is 1. The monoisotopic (exact) mass is 367 g/mol. The highest BCUT2D eigenvalue weighted by Crippen LogP contribution is 2.32. The van der Waals surface area contributed by atoms with Crippen LogP contribution in [-0.2, 0) is 0 Å². The van der Waals surface area contributed by atoms with E-state index in [1.165, 1.54) is 11.3 Å². The molecule has 0 aromatic heterocycles. The SMILES string of the molecule is Cc1cccc(N2CCN(CCNC(=O)c3ccc4c(c3)OCO4)CC2)c1. The number of hydrogen-bond donors (Lipinski definition) is 1. The van der Waals surface area contributed by atoms with Crippen LogP contribution in [0.2, 0.25) is 0 Å². The maximum absolute atomic E-state index is 12.3. The smallest absolute Gasteiger partial charge is 0.251 e. The first-order chi connectivity index (χ1) is 13.2. The number of aryl methyl sites for hydroxylation is 1. The zero-order valence-electron chi connectivity index (χ0n) is 15.6. The lowest BCUT2D eigenvalue weighted by atomic mass is 10.2. The summed E-state index contributed by atoms with van der Waals surface area (Å²) in [5.41, 5.74) is 3.19. The number of nitrogens with zero attached hydrogens (tertiary/aromatic N) is 2. The fourth-order valence-corrected chi connectivity index (χ4v) is 3.52. The molecule has 2 aromatic carbocycles. The normalized spacial score (nSPS) is 16.4. The van der Waals surface area contributed by atoms with E-state index in [2.05, 4.69) is 46.3 Å². The lowest BCUT2D eigenvalue weighted by Crippen LogP contribution is -2.48. The summed E-state index contributed by atoms with van der Waals surface area (Å²) < 4.78 is 10.6. The molecule has 27 heavy (non-hydrogen) atoms. The minimum Gasteiger partial charge on any atom is -0.454 e. The van der Waals surface area contributed by atoms with Crippen molar-refractivity contribution in [3.8, 4) is 11.5 Å². The predicted molar refractivity (Wildman–Crippen MR) is 105 cm³/mol. The van der Waals surface area contributed by atoms with Crippen LogP contribution in [0.1, 0.15) is 15.9 Å². The van der Waals surface area contributed by atoms with Crippen LogP contribution in [0.4, 0.5) is 5.69 Å². The summed E-state index contributed by atoms with van der Waals surface area (Å²) in [5, 5.41) is 3.00. The fraction of sp³-hybridized carbons (Fsp3) is 0.381. The average molecular weight is 367 g/mol. The quantitative estimate of drug-likeness (QED) is 0.879. The van der Waals surface area contributed by atoms with Gasteiger partial charge in [-0.2, -0.15) is 0 Å². The maximum Gasteiger partial charge on any atom is 0.251 e. The molecule has 2 aliphatic rings. The van der Waals surface area contributed by atoms with Crippen molar-refractivity contribution in [3.05, 3.63) is 53.6 Å². The number of ether oxygens (including phenoxy) is 2. The topological polar surface area (TPSA) is 54.0 Å². The van der Waals surface area contributed by atoms with Crippen LogP contribution >= 0.6 is 0 Å². The number of carbonyl (C=O) groups excluding carboxylic acids is 1. The Morgan fingerprint density at radius 3 is 2.67 bits per heavy atom. The second kappa shape index (κ2) is 7.88. The van der Waals surface area contributed by atoms with E-state index in [1.807, 2.05) is 0 Å². The van der Waals surface area contributed by atoms with Gasteiger partial charge in [0.25, 0.3) is 5.91 Å². The number of hydrogen-bond acceptors (Lipinski definition) is 5. The molecule has 0 bridgehead atoms. The van der Waals surface area contributed by atoms with E-state index in [0.29, 0.717) is 23.6 Å². The molecule has 1 fully saturated rings. The minimum absolute atomic E-state index is 0.0771. The molecule has 2 aliphatic heterocycles. The van der Waals surface area contributed by atoms with E-state index in [1.54, 1.807) is 18.2 Å². The van der Waals surface area contributed by atoms with Crippen LogP contribution < -0.4 is 19.7 Å². The molecule has 142 valence electrons. The van der Waals surface area contributed by atoms with Crippen LogP contribution in [-0.4, -0.2) is 56.9 Å². The van der Waals surface area contributed by atoms with Crippen LogP contribution in [0.15, 0.2) is 42.5 Å². The Kier molecular flexibility index (Phi) is 5.16. The van der Waals surface area contributed by atoms with Gasteiger partial charge in [-0.25, -0.2) is 0 Å². The first kappa shape index (κ1) is 17.7. The molecule has 0 aliphatic carbocycles. The molecule has 6 heteroatoms. The van der Waals surface area contributed by atoms with Crippen molar-refractivity contribution in [1.29, 1.82) is 0 Å². The highest BCUT2D eigenvalue weighted by molar-refractivity contribution is 5.94. The Hall–Kier alpha value is -2.73. The van der Waals surface area contributed by atoms with Crippen LogP contribution in [0.25, 0.3) is 0 Å². The summed E-state index contributed by atoms with van der Waals surface area (Å²) in [6.45, 7) is 7.88. The molecule has 1 N–H and O–H groups in total. The Labute approximate surface area is 159 Å². The third kappa shape index (κ3) is 4.17. The van der Waals surface area contributed by atoms with E-state index < -0.39 is 0 Å². The molecule has 4 rings (SSSR count). The second-order valence-electron chi connectivity index (χ2n) is 6.99. The number of fused-ring (bicyclic) bond motifs is 1. The summed E-state index contributed by atoms with van der Waals surface area (Å²) in [4.78, 5) is 17.1. The Bertz CT molecular complexity index is 816. The van der Waals surface area contributed by atoms with Crippen molar-refractivity contribution in [3.63, 3.8) is 0 Å². The molecule has 1 saturated heterocycles. The summed E-state index contributed by atoms with van der Waals surface area (Å²) >= 11 is 0. The first-order valence-electron chi connectivity index (χ1n) is 9.41. The lowest BCUT2D eigenvalue weighted by molar-refractivity contribution is 0.0947. The lowest BCUT2D eigenvalue weighted by Gasteiger charge is -2.36. The van der Waals surface area contributed by atoms with Crippen molar-refractivity contribution < 1.29 is 14.3 Å². The highest BCUT2D eigenvalue weighted by atomic mass is 16.7. The van der Waals surface area contributed by atoms with E-state index >= 15 is 0 Å². The molecule has 6 nitrogen and oxygen atoms in total. The summed E-state index contributed by atoms with van der Waals surface area (Å²) in [6, 6.07) is 13.9. The van der Waals surface area contributed by atoms with Gasteiger partial charge in [-0.1, -0.05) is 12.1 Å². The van der Waals surface area contributed by atoms with Gasteiger partial charge >= 0.3 is 0 Å². The van der Waals surface area contributed by atoms with Gasteiger partial charge in [0.15, 0.2) is 11.5 Å². The molecular formula is C21H25N3O3. The van der Waals surface area contributed by atoms with Crippen LogP contribution in [0.5, 0.6) is 11.5 Å². The number of benzene rings is 2. The number of nitrogens with one attached hydrogen (secondary N) is 1. The molecular weight excluding hydrogens is 342 g/mol. The van der Waals surface area contributed by atoms with Gasteiger partial charge in [-0.05, 0) is 42.8 Å². The van der Waals surface area contributed by atoms with Gasteiger partial charge in [-0.3, -0.25) is 9.69 Å². The number of rotatable bonds is 5. The molecule has 0 saturated carbocycles. The second-order valence-corrected chi connectivity index (χ2v) is 6.99. The molecule has 0 atom stereocenters. The van der Waals surface area contributed by atoms with Crippen molar-refractivity contribution in [2.45, 2.75) is 6.92 Å². The zero-order valence-corrected chi connectivity index (χ0v) is 15.6. The molecule has 1 amide bonds. The van der Waals surface area contributed by atoms with Crippen molar-refractivity contribution in [2.24, 2.45) is 0 Å². The largest absolute Gasteiger partial charge is 0.454 e. The van der Waals surface area contributed by atoms with Gasteiger partial charge in [0.1, 0.15) is 0 Å². The van der Waals surface area contributed by atoms with Crippen molar-refractivity contribution in [1.82, 2.24) is 10.2 Å². The molecule has 2 heterocycles. The van der Waals surface area contributed by atoms with Gasteiger partial charge in [0.2, 0.25) is 6.79 Å². The van der Waals surface area contributed by atoms with Gasteiger partial charge in [-0.15, -0.1) is 0 Å². The van der Waals surface area contributed by atoms with E-state index in [0.717, 1.165) is 32.7 Å².